The van der Waals surface area contributed by atoms with Gasteiger partial charge in [-0.3, -0.25) is 0 Å². The van der Waals surface area contributed by atoms with Crippen molar-refractivity contribution in [2.24, 2.45) is 5.41 Å². The smallest absolute Gasteiger partial charge is 0.331 e. The summed E-state index contributed by atoms with van der Waals surface area (Å²) in [6, 6.07) is 8.26. The third kappa shape index (κ3) is 3.07. The average molecular weight is 368 g/mol. The van der Waals surface area contributed by atoms with Gasteiger partial charge in [-0.25, -0.2) is 4.79 Å². The summed E-state index contributed by atoms with van der Waals surface area (Å²) in [6.45, 7) is 2.23. The summed E-state index contributed by atoms with van der Waals surface area (Å²) in [4.78, 5) is 11.5. The highest BCUT2D eigenvalue weighted by molar-refractivity contribution is 9.10. The number of carbonyl (C=O) groups excluding carboxylic acids is 1. The predicted molar refractivity (Wildman–Crippen MR) is 87.6 cm³/mol. The SMILES string of the molecule is COC(=O)COC1(c2ccc(Br)cc2)CCC2(CC1)CNC2. The van der Waals surface area contributed by atoms with Gasteiger partial charge in [-0.1, -0.05) is 28.1 Å². The van der Waals surface area contributed by atoms with E-state index in [-0.39, 0.29) is 18.2 Å². The first-order chi connectivity index (χ1) is 10.6. The van der Waals surface area contributed by atoms with Gasteiger partial charge in [0, 0.05) is 17.6 Å². The van der Waals surface area contributed by atoms with Gasteiger partial charge < -0.3 is 14.8 Å². The maximum atomic E-state index is 11.5. The lowest BCUT2D eigenvalue weighted by Crippen LogP contribution is -2.57. The molecule has 4 nitrogen and oxygen atoms in total. The Morgan fingerprint density at radius 2 is 1.82 bits per heavy atom. The van der Waals surface area contributed by atoms with Crippen molar-refractivity contribution < 1.29 is 14.3 Å². The number of esters is 1. The molecule has 5 heteroatoms. The zero-order valence-corrected chi connectivity index (χ0v) is 14.4. The van der Waals surface area contributed by atoms with Crippen LogP contribution in [-0.4, -0.2) is 32.8 Å². The molecule has 1 aliphatic heterocycles. The molecular weight excluding hydrogens is 346 g/mol. The van der Waals surface area contributed by atoms with Crippen molar-refractivity contribution in [1.82, 2.24) is 5.32 Å². The summed E-state index contributed by atoms with van der Waals surface area (Å²) < 4.78 is 11.9. The zero-order chi connectivity index (χ0) is 15.6. The van der Waals surface area contributed by atoms with Crippen LogP contribution in [0.5, 0.6) is 0 Å². The van der Waals surface area contributed by atoms with Gasteiger partial charge in [0.25, 0.3) is 0 Å². The fourth-order valence-electron chi connectivity index (χ4n) is 3.54. The molecule has 1 aromatic carbocycles. The number of benzene rings is 1. The molecule has 120 valence electrons. The molecule has 1 aliphatic carbocycles. The van der Waals surface area contributed by atoms with Crippen molar-refractivity contribution in [2.45, 2.75) is 31.3 Å². The molecule has 0 bridgehead atoms. The highest BCUT2D eigenvalue weighted by atomic mass is 79.9. The Morgan fingerprint density at radius 1 is 1.18 bits per heavy atom. The van der Waals surface area contributed by atoms with Crippen LogP contribution in [0.2, 0.25) is 0 Å². The summed E-state index contributed by atoms with van der Waals surface area (Å²) in [5.41, 5.74) is 1.24. The lowest BCUT2D eigenvalue weighted by molar-refractivity contribution is -0.160. The van der Waals surface area contributed by atoms with Gasteiger partial charge >= 0.3 is 5.97 Å². The van der Waals surface area contributed by atoms with Crippen LogP contribution in [0.1, 0.15) is 31.2 Å². The summed E-state index contributed by atoms with van der Waals surface area (Å²) in [6.07, 6.45) is 4.18. The molecule has 1 N–H and O–H groups in total. The van der Waals surface area contributed by atoms with E-state index in [1.807, 2.05) is 12.1 Å². The molecule has 0 unspecified atom stereocenters. The number of hydrogen-bond donors (Lipinski definition) is 1. The van der Waals surface area contributed by atoms with E-state index in [4.69, 9.17) is 9.47 Å². The molecule has 3 rings (SSSR count). The summed E-state index contributed by atoms with van der Waals surface area (Å²) in [7, 11) is 1.40. The lowest BCUT2D eigenvalue weighted by Gasteiger charge is -2.51. The first kappa shape index (κ1) is 16.0. The number of ether oxygens (including phenoxy) is 2. The Hall–Kier alpha value is -0.910. The molecule has 0 amide bonds. The largest absolute Gasteiger partial charge is 0.467 e. The maximum absolute atomic E-state index is 11.5. The maximum Gasteiger partial charge on any atom is 0.331 e. The Morgan fingerprint density at radius 3 is 2.32 bits per heavy atom. The molecule has 0 aromatic heterocycles. The standard InChI is InChI=1S/C17H22BrNO3/c1-21-15(20)10-22-17(13-2-4-14(18)5-3-13)8-6-16(7-9-17)11-19-12-16/h2-5,19H,6-12H2,1H3. The Bertz CT molecular complexity index is 529. The van der Waals surface area contributed by atoms with Crippen LogP contribution in [0.3, 0.4) is 0 Å². The second kappa shape index (κ2) is 6.30. The Kier molecular flexibility index (Phi) is 4.57. The van der Waals surface area contributed by atoms with E-state index in [0.717, 1.165) is 48.8 Å². The molecule has 0 radical (unpaired) electrons. The van der Waals surface area contributed by atoms with Crippen LogP contribution in [0.4, 0.5) is 0 Å². The zero-order valence-electron chi connectivity index (χ0n) is 12.9. The molecule has 1 saturated heterocycles. The van der Waals surface area contributed by atoms with Crippen molar-refractivity contribution in [3.8, 4) is 0 Å². The molecule has 0 atom stereocenters. The highest BCUT2D eigenvalue weighted by Crippen LogP contribution is 2.49. The van der Waals surface area contributed by atoms with Crippen molar-refractivity contribution in [2.75, 3.05) is 26.8 Å². The van der Waals surface area contributed by atoms with Crippen LogP contribution in [-0.2, 0) is 19.9 Å². The van der Waals surface area contributed by atoms with E-state index in [1.165, 1.54) is 7.11 Å². The van der Waals surface area contributed by atoms with Crippen molar-refractivity contribution >= 4 is 21.9 Å². The molecule has 22 heavy (non-hydrogen) atoms. The minimum atomic E-state index is -0.365. The summed E-state index contributed by atoms with van der Waals surface area (Å²) in [5, 5.41) is 3.38. The number of methoxy groups -OCH3 is 1. The van der Waals surface area contributed by atoms with Crippen LogP contribution in [0, 0.1) is 5.41 Å². The third-order valence-electron chi connectivity index (χ3n) is 5.18. The van der Waals surface area contributed by atoms with Crippen molar-refractivity contribution in [3.05, 3.63) is 34.3 Å². The monoisotopic (exact) mass is 367 g/mol. The minimum Gasteiger partial charge on any atom is -0.467 e. The number of halogens is 1. The van der Waals surface area contributed by atoms with Gasteiger partial charge in [0.1, 0.15) is 6.61 Å². The van der Waals surface area contributed by atoms with Crippen LogP contribution in [0.25, 0.3) is 0 Å². The van der Waals surface area contributed by atoms with Gasteiger partial charge in [0.05, 0.1) is 12.7 Å². The van der Waals surface area contributed by atoms with Crippen LogP contribution >= 0.6 is 15.9 Å². The van der Waals surface area contributed by atoms with Gasteiger partial charge in [0.2, 0.25) is 0 Å². The molecule has 2 fully saturated rings. The fraction of sp³-hybridized carbons (Fsp3) is 0.588. The second-order valence-corrected chi connectivity index (χ2v) is 7.39. The predicted octanol–water partition coefficient (Wildman–Crippen LogP) is 3.00. The summed E-state index contributed by atoms with van der Waals surface area (Å²) >= 11 is 3.48. The van der Waals surface area contributed by atoms with Gasteiger partial charge in [0.15, 0.2) is 0 Å². The molecule has 1 saturated carbocycles. The topological polar surface area (TPSA) is 47.6 Å². The molecule has 1 heterocycles. The van der Waals surface area contributed by atoms with E-state index < -0.39 is 0 Å². The third-order valence-corrected chi connectivity index (χ3v) is 5.71. The molecule has 2 aliphatic rings. The van der Waals surface area contributed by atoms with Gasteiger partial charge in [-0.2, -0.15) is 0 Å². The van der Waals surface area contributed by atoms with E-state index in [2.05, 4.69) is 33.4 Å². The second-order valence-electron chi connectivity index (χ2n) is 6.47. The number of nitrogens with one attached hydrogen (secondary N) is 1. The highest BCUT2D eigenvalue weighted by Gasteiger charge is 2.47. The number of hydrogen-bond acceptors (Lipinski definition) is 4. The average Bonchev–Trinajstić information content (AvgIpc) is 2.52. The Labute approximate surface area is 139 Å². The minimum absolute atomic E-state index is 0.0117. The summed E-state index contributed by atoms with van der Waals surface area (Å²) in [5.74, 6) is -0.318. The lowest BCUT2D eigenvalue weighted by atomic mass is 9.64. The van der Waals surface area contributed by atoms with Crippen LogP contribution in [0.15, 0.2) is 28.7 Å². The van der Waals surface area contributed by atoms with Crippen molar-refractivity contribution in [3.63, 3.8) is 0 Å². The number of carbonyl (C=O) groups is 1. The fourth-order valence-corrected chi connectivity index (χ4v) is 3.81. The normalized spacial score (nSPS) is 22.1. The van der Waals surface area contributed by atoms with E-state index >= 15 is 0 Å². The first-order valence-electron chi connectivity index (χ1n) is 7.75. The number of rotatable bonds is 4. The quantitative estimate of drug-likeness (QED) is 0.831. The molecule has 1 aromatic rings. The van der Waals surface area contributed by atoms with Crippen molar-refractivity contribution in [1.29, 1.82) is 0 Å². The molecular formula is C17H22BrNO3. The van der Waals surface area contributed by atoms with E-state index in [9.17, 15) is 4.79 Å². The van der Waals surface area contributed by atoms with E-state index in [1.54, 1.807) is 0 Å². The first-order valence-corrected chi connectivity index (χ1v) is 8.54. The Balaban J connectivity index is 1.79. The van der Waals surface area contributed by atoms with Crippen LogP contribution < -0.4 is 5.32 Å². The molecule has 1 spiro atoms. The van der Waals surface area contributed by atoms with E-state index in [0.29, 0.717) is 5.41 Å². The van der Waals surface area contributed by atoms with Gasteiger partial charge in [-0.15, -0.1) is 0 Å². The van der Waals surface area contributed by atoms with Gasteiger partial charge in [-0.05, 0) is 48.8 Å².